The number of hydrogen-bond acceptors (Lipinski definition) is 5. The largest absolute Gasteiger partial charge is 0.345 e. The summed E-state index contributed by atoms with van der Waals surface area (Å²) in [6.07, 6.45) is 4.25. The van der Waals surface area contributed by atoms with Gasteiger partial charge in [0.1, 0.15) is 10.6 Å². The highest BCUT2D eigenvalue weighted by Crippen LogP contribution is 2.31. The topological polar surface area (TPSA) is 84.3 Å². The van der Waals surface area contributed by atoms with Crippen molar-refractivity contribution in [3.63, 3.8) is 0 Å². The maximum Gasteiger partial charge on any atom is 0.274 e. The Balaban J connectivity index is 1.54. The van der Waals surface area contributed by atoms with Crippen LogP contribution in [0.2, 0.25) is 5.02 Å². The number of aromatic nitrogens is 2. The van der Waals surface area contributed by atoms with Gasteiger partial charge in [0.25, 0.3) is 5.91 Å². The van der Waals surface area contributed by atoms with Gasteiger partial charge in [0.05, 0.1) is 5.69 Å². The van der Waals surface area contributed by atoms with Crippen molar-refractivity contribution in [1.29, 1.82) is 0 Å². The molecular formula is C21H23ClN4O3S2. The lowest BCUT2D eigenvalue weighted by atomic mass is 10.1. The Labute approximate surface area is 190 Å². The lowest BCUT2D eigenvalue weighted by Crippen LogP contribution is -2.35. The van der Waals surface area contributed by atoms with Crippen molar-refractivity contribution in [3.8, 4) is 11.3 Å². The minimum atomic E-state index is -3.60. The molecule has 0 atom stereocenters. The van der Waals surface area contributed by atoms with E-state index in [0.717, 1.165) is 35.4 Å². The number of amides is 1. The molecule has 1 fully saturated rings. The number of aryl methyl sites for hydroxylation is 2. The summed E-state index contributed by atoms with van der Waals surface area (Å²) >= 11 is 7.32. The van der Waals surface area contributed by atoms with E-state index in [4.69, 9.17) is 11.6 Å². The number of piperidine rings is 1. The minimum Gasteiger partial charge on any atom is -0.345 e. The SMILES string of the molecule is Cc1sc(NC(=O)c2cc(S(=O)(=O)N3CCCCC3)cn2C)nc1-c1ccc(Cl)cc1. The van der Waals surface area contributed by atoms with Gasteiger partial charge in [-0.15, -0.1) is 11.3 Å². The summed E-state index contributed by atoms with van der Waals surface area (Å²) in [5.41, 5.74) is 1.95. The number of sulfonamides is 1. The van der Waals surface area contributed by atoms with Gasteiger partial charge in [-0.25, -0.2) is 13.4 Å². The number of benzene rings is 1. The van der Waals surface area contributed by atoms with E-state index in [0.29, 0.717) is 23.2 Å². The maximum atomic E-state index is 12.9. The van der Waals surface area contributed by atoms with Gasteiger partial charge in [-0.05, 0) is 38.0 Å². The molecule has 0 saturated carbocycles. The van der Waals surface area contributed by atoms with Gasteiger partial charge >= 0.3 is 0 Å². The Kier molecular flexibility index (Phi) is 6.20. The minimum absolute atomic E-state index is 0.138. The molecule has 3 aromatic rings. The Morgan fingerprint density at radius 1 is 1.16 bits per heavy atom. The smallest absolute Gasteiger partial charge is 0.274 e. The van der Waals surface area contributed by atoms with E-state index >= 15 is 0 Å². The van der Waals surface area contributed by atoms with Crippen LogP contribution < -0.4 is 5.32 Å². The van der Waals surface area contributed by atoms with Gasteiger partial charge in [-0.2, -0.15) is 4.31 Å². The zero-order chi connectivity index (χ0) is 22.2. The second-order valence-corrected chi connectivity index (χ2v) is 11.1. The highest BCUT2D eigenvalue weighted by Gasteiger charge is 2.28. The van der Waals surface area contributed by atoms with Crippen molar-refractivity contribution in [1.82, 2.24) is 13.9 Å². The van der Waals surface area contributed by atoms with Crippen molar-refractivity contribution in [2.75, 3.05) is 18.4 Å². The Bertz CT molecular complexity index is 1210. The summed E-state index contributed by atoms with van der Waals surface area (Å²) in [6.45, 7) is 2.97. The zero-order valence-corrected chi connectivity index (χ0v) is 19.6. The normalized spacial score (nSPS) is 15.2. The number of nitrogens with zero attached hydrogens (tertiary/aromatic N) is 3. The molecule has 0 spiro atoms. The van der Waals surface area contributed by atoms with Gasteiger partial charge in [0.15, 0.2) is 5.13 Å². The molecule has 1 saturated heterocycles. The summed E-state index contributed by atoms with van der Waals surface area (Å²) < 4.78 is 28.9. The Morgan fingerprint density at radius 3 is 2.52 bits per heavy atom. The number of nitrogens with one attached hydrogen (secondary N) is 1. The van der Waals surface area contributed by atoms with E-state index in [9.17, 15) is 13.2 Å². The lowest BCUT2D eigenvalue weighted by molar-refractivity contribution is 0.101. The number of carbonyl (C=O) groups is 1. The third-order valence-corrected chi connectivity index (χ3v) is 8.30. The van der Waals surface area contributed by atoms with Gasteiger partial charge < -0.3 is 4.57 Å². The highest BCUT2D eigenvalue weighted by atomic mass is 35.5. The fourth-order valence-corrected chi connectivity index (χ4v) is 6.19. The molecule has 1 N–H and O–H groups in total. The van der Waals surface area contributed by atoms with Crippen molar-refractivity contribution in [2.45, 2.75) is 31.1 Å². The Morgan fingerprint density at radius 2 is 1.84 bits per heavy atom. The molecule has 3 heterocycles. The predicted molar refractivity (Wildman–Crippen MR) is 123 cm³/mol. The Hall–Kier alpha value is -2.20. The number of rotatable bonds is 5. The lowest BCUT2D eigenvalue weighted by Gasteiger charge is -2.25. The van der Waals surface area contributed by atoms with Crippen molar-refractivity contribution >= 4 is 44.0 Å². The first-order valence-corrected chi connectivity index (χ1v) is 12.6. The molecule has 4 rings (SSSR count). The van der Waals surface area contributed by atoms with Crippen molar-refractivity contribution in [3.05, 3.63) is 52.1 Å². The molecule has 1 aliphatic heterocycles. The third kappa shape index (κ3) is 4.55. The van der Waals surface area contributed by atoms with Crippen LogP contribution in [0.4, 0.5) is 5.13 Å². The van der Waals surface area contributed by atoms with Crippen molar-refractivity contribution < 1.29 is 13.2 Å². The van der Waals surface area contributed by atoms with E-state index in [1.807, 2.05) is 19.1 Å². The standard InChI is InChI=1S/C21H23ClN4O3S2/c1-14-19(15-6-8-16(22)9-7-15)23-21(30-14)24-20(27)18-12-17(13-25(18)2)31(28,29)26-10-4-3-5-11-26/h6-9,12-13H,3-5,10-11H2,1-2H3,(H,23,24,27). The molecule has 2 aromatic heterocycles. The van der Waals surface area contributed by atoms with Gasteiger partial charge in [-0.3, -0.25) is 10.1 Å². The van der Waals surface area contributed by atoms with E-state index in [-0.39, 0.29) is 10.6 Å². The quantitative estimate of drug-likeness (QED) is 0.583. The van der Waals surface area contributed by atoms with E-state index < -0.39 is 15.9 Å². The predicted octanol–water partition coefficient (Wildman–Crippen LogP) is 4.54. The van der Waals surface area contributed by atoms with Crippen LogP contribution in [0, 0.1) is 6.92 Å². The highest BCUT2D eigenvalue weighted by molar-refractivity contribution is 7.89. The van der Waals surface area contributed by atoms with E-state index in [1.54, 1.807) is 19.2 Å². The molecule has 0 bridgehead atoms. The van der Waals surface area contributed by atoms with Gasteiger partial charge in [-0.1, -0.05) is 30.2 Å². The second kappa shape index (κ2) is 8.74. The van der Waals surface area contributed by atoms with Crippen LogP contribution in [0.1, 0.15) is 34.6 Å². The van der Waals surface area contributed by atoms with E-state index in [2.05, 4.69) is 10.3 Å². The van der Waals surface area contributed by atoms with Crippen LogP contribution in [0.25, 0.3) is 11.3 Å². The molecule has 1 aromatic carbocycles. The third-order valence-electron chi connectivity index (χ3n) is 5.30. The molecule has 164 valence electrons. The average Bonchev–Trinajstić information content (AvgIpc) is 3.32. The first-order valence-electron chi connectivity index (χ1n) is 9.97. The molecule has 31 heavy (non-hydrogen) atoms. The van der Waals surface area contributed by atoms with Crippen LogP contribution in [0.5, 0.6) is 0 Å². The molecule has 1 aliphatic rings. The zero-order valence-electron chi connectivity index (χ0n) is 17.3. The molecule has 10 heteroatoms. The number of carbonyl (C=O) groups excluding carboxylic acids is 1. The maximum absolute atomic E-state index is 12.9. The number of anilines is 1. The molecular weight excluding hydrogens is 456 g/mol. The summed E-state index contributed by atoms with van der Waals surface area (Å²) in [5, 5.41) is 3.89. The average molecular weight is 479 g/mol. The first-order chi connectivity index (χ1) is 14.8. The van der Waals surface area contributed by atoms with Crippen LogP contribution in [0.15, 0.2) is 41.4 Å². The molecule has 1 amide bonds. The summed E-state index contributed by atoms with van der Waals surface area (Å²) in [6, 6.07) is 8.78. The first kappa shape index (κ1) is 22.0. The van der Waals surface area contributed by atoms with Gasteiger partial charge in [0.2, 0.25) is 10.0 Å². The molecule has 0 radical (unpaired) electrons. The molecule has 7 nitrogen and oxygen atoms in total. The summed E-state index contributed by atoms with van der Waals surface area (Å²) in [4.78, 5) is 18.5. The summed E-state index contributed by atoms with van der Waals surface area (Å²) in [5.74, 6) is -0.404. The number of thiazole rings is 1. The van der Waals surface area contributed by atoms with E-state index in [1.165, 1.54) is 32.5 Å². The monoisotopic (exact) mass is 478 g/mol. The van der Waals surface area contributed by atoms with Crippen LogP contribution >= 0.6 is 22.9 Å². The van der Waals surface area contributed by atoms with Crippen LogP contribution in [-0.2, 0) is 17.1 Å². The second-order valence-electron chi connectivity index (χ2n) is 7.52. The molecule has 0 aliphatic carbocycles. The summed E-state index contributed by atoms with van der Waals surface area (Å²) in [7, 11) is -1.94. The fourth-order valence-electron chi connectivity index (χ4n) is 3.64. The molecule has 0 unspecified atom stereocenters. The van der Waals surface area contributed by atoms with Gasteiger partial charge in [0, 0.05) is 41.8 Å². The van der Waals surface area contributed by atoms with Crippen LogP contribution in [0.3, 0.4) is 0 Å². The van der Waals surface area contributed by atoms with Crippen LogP contribution in [-0.4, -0.2) is 41.3 Å². The number of hydrogen-bond donors (Lipinski definition) is 1. The fraction of sp³-hybridized carbons (Fsp3) is 0.333. The number of halogens is 1. The van der Waals surface area contributed by atoms with Crippen molar-refractivity contribution in [2.24, 2.45) is 7.05 Å².